The second-order valence-corrected chi connectivity index (χ2v) is 3.81. The molecule has 1 aromatic carbocycles. The van der Waals surface area contributed by atoms with Gasteiger partial charge in [0.15, 0.2) is 0 Å². The average molecular weight is 269 g/mol. The summed E-state index contributed by atoms with van der Waals surface area (Å²) in [7, 11) is 0. The second-order valence-electron chi connectivity index (χ2n) is 3.16. The fourth-order valence-electron chi connectivity index (χ4n) is 1.02. The molecule has 0 aliphatic carbocycles. The van der Waals surface area contributed by atoms with Crippen LogP contribution in [0.4, 0.5) is 0 Å². The highest BCUT2D eigenvalue weighted by Crippen LogP contribution is 2.02. The van der Waals surface area contributed by atoms with Gasteiger partial charge in [-0.2, -0.15) is 0 Å². The van der Waals surface area contributed by atoms with Crippen molar-refractivity contribution in [2.45, 2.75) is 18.6 Å². The number of aliphatic hydroxyl groups is 2. The molecule has 15 heavy (non-hydrogen) atoms. The number of aliphatic hydroxyl groups excluding tert-OH is 2. The Balaban J connectivity index is 2.47. The molecule has 0 heterocycles. The summed E-state index contributed by atoms with van der Waals surface area (Å²) in [4.78, 5) is 0. The molecule has 1 rings (SSSR count). The molecular weight excluding hydrogens is 256 g/mol. The van der Waals surface area contributed by atoms with E-state index in [0.717, 1.165) is 5.56 Å². The van der Waals surface area contributed by atoms with E-state index in [4.69, 9.17) is 0 Å². The zero-order valence-corrected chi connectivity index (χ0v) is 9.81. The minimum absolute atomic E-state index is 0.279. The largest absolute Gasteiger partial charge is 0.390 e. The third kappa shape index (κ3) is 4.48. The molecule has 0 aromatic heterocycles. The van der Waals surface area contributed by atoms with Gasteiger partial charge in [-0.25, -0.2) is 0 Å². The van der Waals surface area contributed by atoms with Crippen LogP contribution in [0, 0.1) is 11.8 Å². The highest BCUT2D eigenvalue weighted by molar-refractivity contribution is 9.09. The highest BCUT2D eigenvalue weighted by atomic mass is 79.9. The van der Waals surface area contributed by atoms with Gasteiger partial charge in [0.2, 0.25) is 0 Å². The summed E-state index contributed by atoms with van der Waals surface area (Å²) >= 11 is 3.09. The van der Waals surface area contributed by atoms with Crippen LogP contribution in [0.1, 0.15) is 12.0 Å². The molecule has 0 aliphatic rings. The molecule has 0 radical (unpaired) electrons. The fourth-order valence-corrected chi connectivity index (χ4v) is 1.45. The van der Waals surface area contributed by atoms with Crippen molar-refractivity contribution >= 4 is 15.9 Å². The van der Waals surface area contributed by atoms with Gasteiger partial charge in [0.25, 0.3) is 0 Å². The van der Waals surface area contributed by atoms with E-state index in [9.17, 15) is 10.2 Å². The summed E-state index contributed by atoms with van der Waals surface area (Å²) in [6, 6.07) is 9.55. The van der Waals surface area contributed by atoms with Crippen molar-refractivity contribution < 1.29 is 10.2 Å². The third-order valence-corrected chi connectivity index (χ3v) is 2.58. The molecule has 1 aromatic rings. The molecule has 2 atom stereocenters. The number of benzene rings is 1. The predicted molar refractivity (Wildman–Crippen MR) is 63.7 cm³/mol. The number of alkyl halides is 1. The number of halogens is 1. The summed E-state index contributed by atoms with van der Waals surface area (Å²) in [6.45, 7) is 0. The van der Waals surface area contributed by atoms with E-state index in [0.29, 0.717) is 5.33 Å². The van der Waals surface area contributed by atoms with Crippen molar-refractivity contribution in [1.82, 2.24) is 0 Å². The van der Waals surface area contributed by atoms with Crippen LogP contribution in [0.15, 0.2) is 30.3 Å². The van der Waals surface area contributed by atoms with Gasteiger partial charge in [0.05, 0.1) is 12.2 Å². The summed E-state index contributed by atoms with van der Waals surface area (Å²) < 4.78 is 0. The van der Waals surface area contributed by atoms with Crippen molar-refractivity contribution in [2.24, 2.45) is 0 Å². The van der Waals surface area contributed by atoms with Crippen LogP contribution in [0.3, 0.4) is 0 Å². The van der Waals surface area contributed by atoms with Crippen molar-refractivity contribution in [3.8, 4) is 11.8 Å². The van der Waals surface area contributed by atoms with E-state index in [2.05, 4.69) is 27.8 Å². The zero-order chi connectivity index (χ0) is 11.1. The molecule has 0 saturated heterocycles. The highest BCUT2D eigenvalue weighted by Gasteiger charge is 2.12. The van der Waals surface area contributed by atoms with Crippen molar-refractivity contribution in [2.75, 3.05) is 5.33 Å². The van der Waals surface area contributed by atoms with E-state index in [1.807, 2.05) is 30.3 Å². The van der Waals surface area contributed by atoms with Gasteiger partial charge >= 0.3 is 0 Å². The van der Waals surface area contributed by atoms with Crippen molar-refractivity contribution in [3.63, 3.8) is 0 Å². The van der Waals surface area contributed by atoms with Crippen molar-refractivity contribution in [3.05, 3.63) is 35.9 Å². The lowest BCUT2D eigenvalue weighted by atomic mass is 10.1. The fraction of sp³-hybridized carbons (Fsp3) is 0.333. The molecule has 0 spiro atoms. The van der Waals surface area contributed by atoms with Gasteiger partial charge in [0.1, 0.15) is 0 Å². The average Bonchev–Trinajstić information content (AvgIpc) is 2.29. The Morgan fingerprint density at radius 1 is 1.13 bits per heavy atom. The normalized spacial score (nSPS) is 13.8. The molecule has 0 bridgehead atoms. The Labute approximate surface area is 98.1 Å². The van der Waals surface area contributed by atoms with Crippen LogP contribution < -0.4 is 0 Å². The van der Waals surface area contributed by atoms with Gasteiger partial charge in [-0.15, -0.1) is 0 Å². The maximum absolute atomic E-state index is 9.41. The van der Waals surface area contributed by atoms with E-state index in [1.165, 1.54) is 0 Å². The van der Waals surface area contributed by atoms with Crippen LogP contribution >= 0.6 is 15.9 Å². The summed E-state index contributed by atoms with van der Waals surface area (Å²) in [5.74, 6) is 5.75. The minimum atomic E-state index is -0.791. The first-order valence-electron chi connectivity index (χ1n) is 4.70. The molecule has 2 nitrogen and oxygen atoms in total. The molecule has 3 heteroatoms. The molecule has 0 fully saturated rings. The SMILES string of the molecule is O[C@H](CBr)[C@H](O)CC#Cc1ccccc1. The lowest BCUT2D eigenvalue weighted by Crippen LogP contribution is -2.26. The zero-order valence-electron chi connectivity index (χ0n) is 8.23. The van der Waals surface area contributed by atoms with Crippen LogP contribution in [0.25, 0.3) is 0 Å². The van der Waals surface area contributed by atoms with Crippen LogP contribution in [0.5, 0.6) is 0 Å². The van der Waals surface area contributed by atoms with Gasteiger partial charge in [-0.05, 0) is 12.1 Å². The summed E-state index contributed by atoms with van der Waals surface area (Å²) in [6.07, 6.45) is -1.27. The monoisotopic (exact) mass is 268 g/mol. The minimum Gasteiger partial charge on any atom is -0.390 e. The van der Waals surface area contributed by atoms with E-state index < -0.39 is 12.2 Å². The lowest BCUT2D eigenvalue weighted by molar-refractivity contribution is 0.0387. The first kappa shape index (κ1) is 12.3. The van der Waals surface area contributed by atoms with Gasteiger partial charge < -0.3 is 10.2 Å². The first-order chi connectivity index (χ1) is 7.24. The second kappa shape index (κ2) is 6.62. The molecule has 0 amide bonds. The Morgan fingerprint density at radius 2 is 1.80 bits per heavy atom. The van der Waals surface area contributed by atoms with Crippen molar-refractivity contribution in [1.29, 1.82) is 0 Å². The third-order valence-electron chi connectivity index (χ3n) is 1.92. The number of hydrogen-bond donors (Lipinski definition) is 2. The van der Waals surface area contributed by atoms with E-state index >= 15 is 0 Å². The van der Waals surface area contributed by atoms with Gasteiger partial charge in [0, 0.05) is 17.3 Å². The summed E-state index contributed by atoms with van der Waals surface area (Å²) in [5.41, 5.74) is 0.915. The van der Waals surface area contributed by atoms with E-state index in [-0.39, 0.29) is 6.42 Å². The van der Waals surface area contributed by atoms with Gasteiger partial charge in [-0.3, -0.25) is 0 Å². The Morgan fingerprint density at radius 3 is 2.40 bits per heavy atom. The Hall–Kier alpha value is -0.820. The Bertz CT molecular complexity index is 340. The number of rotatable bonds is 3. The van der Waals surface area contributed by atoms with E-state index in [1.54, 1.807) is 0 Å². The lowest BCUT2D eigenvalue weighted by Gasteiger charge is -2.11. The maximum atomic E-state index is 9.41. The quantitative estimate of drug-likeness (QED) is 0.645. The van der Waals surface area contributed by atoms with Crippen LogP contribution in [-0.4, -0.2) is 27.8 Å². The predicted octanol–water partition coefficient (Wildman–Crippen LogP) is 1.54. The Kier molecular flexibility index (Phi) is 5.41. The first-order valence-corrected chi connectivity index (χ1v) is 5.82. The smallest absolute Gasteiger partial charge is 0.0916 e. The van der Waals surface area contributed by atoms with Gasteiger partial charge in [-0.1, -0.05) is 46.0 Å². The summed E-state index contributed by atoms with van der Waals surface area (Å²) in [5, 5.41) is 19.0. The van der Waals surface area contributed by atoms with Crippen LogP contribution in [0.2, 0.25) is 0 Å². The molecule has 80 valence electrons. The number of hydrogen-bond acceptors (Lipinski definition) is 2. The molecule has 0 aliphatic heterocycles. The topological polar surface area (TPSA) is 40.5 Å². The molecular formula is C12H13BrO2. The molecule has 0 unspecified atom stereocenters. The molecule has 0 saturated carbocycles. The van der Waals surface area contributed by atoms with Crippen LogP contribution in [-0.2, 0) is 0 Å². The maximum Gasteiger partial charge on any atom is 0.0916 e. The molecule has 2 N–H and O–H groups in total. The standard InChI is InChI=1S/C12H13BrO2/c13-9-12(15)11(14)8-4-7-10-5-2-1-3-6-10/h1-3,5-6,11-12,14-15H,8-9H2/t11-,12-/m1/s1.